The van der Waals surface area contributed by atoms with Gasteiger partial charge in [0.1, 0.15) is 12.6 Å². The lowest BCUT2D eigenvalue weighted by molar-refractivity contribution is -0.667. The third kappa shape index (κ3) is 1.92. The highest BCUT2D eigenvalue weighted by atomic mass is 35.5. The lowest BCUT2D eigenvalue weighted by Crippen LogP contribution is -2.32. The van der Waals surface area contributed by atoms with Crippen molar-refractivity contribution in [2.24, 2.45) is 7.05 Å². The Bertz CT molecular complexity index is 352. The van der Waals surface area contributed by atoms with Crippen molar-refractivity contribution < 1.29 is 14.1 Å². The average molecular weight is 221 g/mol. The zero-order valence-electron chi connectivity index (χ0n) is 7.17. The zero-order valence-corrected chi connectivity index (χ0v) is 8.69. The maximum absolute atomic E-state index is 11.1. The summed E-state index contributed by atoms with van der Waals surface area (Å²) in [4.78, 5) is 11.1. The number of halogens is 2. The first-order valence-corrected chi connectivity index (χ1v) is 4.26. The molecule has 0 aliphatic heterocycles. The zero-order chi connectivity index (χ0) is 10.0. The number of aromatic nitrogens is 1. The number of esters is 1. The van der Waals surface area contributed by atoms with Gasteiger partial charge in [-0.2, -0.15) is 4.57 Å². The fraction of sp³-hybridized carbons (Fsp3) is 0.250. The molecule has 0 bridgehead atoms. The van der Waals surface area contributed by atoms with E-state index in [1.807, 2.05) is 0 Å². The minimum Gasteiger partial charge on any atom is -0.465 e. The molecular formula is C8H8Cl2NO2+. The summed E-state index contributed by atoms with van der Waals surface area (Å²) in [5.74, 6) is -0.475. The maximum atomic E-state index is 11.1. The van der Waals surface area contributed by atoms with E-state index >= 15 is 0 Å². The molecule has 0 fully saturated rings. The third-order valence-corrected chi connectivity index (χ3v) is 2.47. The standard InChI is InChI=1S/C8H8Cl2NO2/c1-11-6(9)4-3-5(7(11)10)8(12)13-2/h3-4H,1-2H3/q+1. The number of carbonyl (C=O) groups excluding carboxylic acids is 1. The highest BCUT2D eigenvalue weighted by molar-refractivity contribution is 6.32. The molecule has 3 nitrogen and oxygen atoms in total. The van der Waals surface area contributed by atoms with E-state index in [-0.39, 0.29) is 5.15 Å². The second-order valence-corrected chi connectivity index (χ2v) is 3.16. The van der Waals surface area contributed by atoms with Crippen LogP contribution in [-0.2, 0) is 11.8 Å². The fourth-order valence-electron chi connectivity index (χ4n) is 0.869. The van der Waals surface area contributed by atoms with Gasteiger partial charge < -0.3 is 4.74 Å². The summed E-state index contributed by atoms with van der Waals surface area (Å²) >= 11 is 11.6. The van der Waals surface area contributed by atoms with Crippen molar-refractivity contribution in [1.29, 1.82) is 0 Å². The van der Waals surface area contributed by atoms with Crippen LogP contribution in [0.2, 0.25) is 10.3 Å². The molecule has 5 heteroatoms. The van der Waals surface area contributed by atoms with E-state index in [0.717, 1.165) is 0 Å². The van der Waals surface area contributed by atoms with Gasteiger partial charge >= 0.3 is 5.97 Å². The average Bonchev–Trinajstić information content (AvgIpc) is 2.13. The van der Waals surface area contributed by atoms with Gasteiger partial charge in [-0.05, 0) is 29.3 Å². The van der Waals surface area contributed by atoms with Crippen LogP contribution >= 0.6 is 23.2 Å². The van der Waals surface area contributed by atoms with Crippen LogP contribution in [0.4, 0.5) is 0 Å². The van der Waals surface area contributed by atoms with Crippen LogP contribution in [0.1, 0.15) is 10.4 Å². The van der Waals surface area contributed by atoms with Crippen molar-refractivity contribution in [1.82, 2.24) is 0 Å². The minimum atomic E-state index is -0.475. The lowest BCUT2D eigenvalue weighted by atomic mass is 10.3. The molecule has 0 N–H and O–H groups in total. The van der Waals surface area contributed by atoms with Gasteiger partial charge in [0.25, 0.3) is 10.3 Å². The summed E-state index contributed by atoms with van der Waals surface area (Å²) in [7, 11) is 2.96. The molecule has 0 saturated carbocycles. The monoisotopic (exact) mass is 220 g/mol. The number of nitrogens with zero attached hydrogens (tertiary/aromatic N) is 1. The molecule has 0 aromatic carbocycles. The van der Waals surface area contributed by atoms with Crippen LogP contribution in [0.3, 0.4) is 0 Å². The van der Waals surface area contributed by atoms with Crippen LogP contribution in [0.5, 0.6) is 0 Å². The predicted molar refractivity (Wildman–Crippen MR) is 49.0 cm³/mol. The Morgan fingerprint density at radius 1 is 1.46 bits per heavy atom. The largest absolute Gasteiger partial charge is 0.465 e. The molecule has 0 unspecified atom stereocenters. The van der Waals surface area contributed by atoms with E-state index < -0.39 is 5.97 Å². The van der Waals surface area contributed by atoms with Crippen molar-refractivity contribution in [3.63, 3.8) is 0 Å². The normalized spacial score (nSPS) is 9.85. The third-order valence-electron chi connectivity index (χ3n) is 1.63. The van der Waals surface area contributed by atoms with Gasteiger partial charge in [-0.3, -0.25) is 0 Å². The molecule has 70 valence electrons. The number of rotatable bonds is 1. The number of ether oxygens (including phenoxy) is 1. The van der Waals surface area contributed by atoms with E-state index in [1.165, 1.54) is 17.7 Å². The Balaban J connectivity index is 3.26. The summed E-state index contributed by atoms with van der Waals surface area (Å²) in [6, 6.07) is 3.11. The predicted octanol–water partition coefficient (Wildman–Crippen LogP) is 1.60. The second-order valence-electron chi connectivity index (χ2n) is 2.41. The molecule has 0 spiro atoms. The minimum absolute atomic E-state index is 0.263. The second kappa shape index (κ2) is 3.94. The quantitative estimate of drug-likeness (QED) is 0.409. The number of hydrogen-bond donors (Lipinski definition) is 0. The summed E-state index contributed by atoms with van der Waals surface area (Å²) in [6.07, 6.45) is 0. The highest BCUT2D eigenvalue weighted by Crippen LogP contribution is 2.14. The Morgan fingerprint density at radius 2 is 2.08 bits per heavy atom. The SMILES string of the molecule is COC(=O)c1ccc(Cl)[n+](C)c1Cl. The number of carbonyl (C=O) groups is 1. The van der Waals surface area contributed by atoms with Gasteiger partial charge in [-0.1, -0.05) is 0 Å². The first-order chi connectivity index (χ1) is 6.07. The van der Waals surface area contributed by atoms with Crippen LogP contribution < -0.4 is 4.57 Å². The molecule has 1 rings (SSSR count). The maximum Gasteiger partial charge on any atom is 0.345 e. The van der Waals surface area contributed by atoms with E-state index in [9.17, 15) is 4.79 Å². The van der Waals surface area contributed by atoms with Crippen molar-refractivity contribution in [2.75, 3.05) is 7.11 Å². The molecule has 0 saturated heterocycles. The molecule has 13 heavy (non-hydrogen) atoms. The van der Waals surface area contributed by atoms with Gasteiger partial charge in [0.2, 0.25) is 0 Å². The molecular weight excluding hydrogens is 213 g/mol. The Morgan fingerprint density at radius 3 is 2.62 bits per heavy atom. The highest BCUT2D eigenvalue weighted by Gasteiger charge is 2.20. The number of pyridine rings is 1. The van der Waals surface area contributed by atoms with Crippen LogP contribution in [-0.4, -0.2) is 13.1 Å². The van der Waals surface area contributed by atoms with Gasteiger partial charge in [-0.25, -0.2) is 4.79 Å². The molecule has 1 heterocycles. The van der Waals surface area contributed by atoms with Crippen molar-refractivity contribution >= 4 is 29.2 Å². The van der Waals surface area contributed by atoms with Gasteiger partial charge in [0.15, 0.2) is 0 Å². The summed E-state index contributed by atoms with van der Waals surface area (Å²) in [5.41, 5.74) is 0.302. The van der Waals surface area contributed by atoms with Crippen molar-refractivity contribution in [3.8, 4) is 0 Å². The molecule has 0 amide bonds. The molecule has 0 aliphatic carbocycles. The Hall–Kier alpha value is -0.800. The first kappa shape index (κ1) is 10.3. The summed E-state index contributed by atoms with van der Waals surface area (Å²) in [6.45, 7) is 0. The molecule has 1 aromatic rings. The Labute approximate surface area is 85.8 Å². The van der Waals surface area contributed by atoms with Gasteiger partial charge in [-0.15, -0.1) is 0 Å². The van der Waals surface area contributed by atoms with Crippen LogP contribution in [0.15, 0.2) is 12.1 Å². The molecule has 1 aromatic heterocycles. The molecule has 0 radical (unpaired) electrons. The topological polar surface area (TPSA) is 30.2 Å². The first-order valence-electron chi connectivity index (χ1n) is 3.50. The molecule has 0 atom stereocenters. The van der Waals surface area contributed by atoms with E-state index in [4.69, 9.17) is 23.2 Å². The smallest absolute Gasteiger partial charge is 0.345 e. The van der Waals surface area contributed by atoms with Crippen LogP contribution in [0.25, 0.3) is 0 Å². The van der Waals surface area contributed by atoms with E-state index in [1.54, 1.807) is 13.1 Å². The number of methoxy groups -OCH3 is 1. The van der Waals surface area contributed by atoms with E-state index in [0.29, 0.717) is 10.7 Å². The molecule has 0 aliphatic rings. The lowest BCUT2D eigenvalue weighted by Gasteiger charge is -2.00. The van der Waals surface area contributed by atoms with Crippen molar-refractivity contribution in [2.45, 2.75) is 0 Å². The van der Waals surface area contributed by atoms with Crippen molar-refractivity contribution in [3.05, 3.63) is 28.0 Å². The van der Waals surface area contributed by atoms with Crippen LogP contribution in [0, 0.1) is 0 Å². The van der Waals surface area contributed by atoms with Gasteiger partial charge in [0, 0.05) is 6.07 Å². The Kier molecular flexibility index (Phi) is 3.12. The number of hydrogen-bond acceptors (Lipinski definition) is 2. The summed E-state index contributed by atoms with van der Waals surface area (Å²) in [5, 5.41) is 0.719. The summed E-state index contributed by atoms with van der Waals surface area (Å²) < 4.78 is 6.03. The van der Waals surface area contributed by atoms with Gasteiger partial charge in [0.05, 0.1) is 7.11 Å². The fourth-order valence-corrected chi connectivity index (χ4v) is 1.29. The van der Waals surface area contributed by atoms with E-state index in [2.05, 4.69) is 4.74 Å².